The summed E-state index contributed by atoms with van der Waals surface area (Å²) in [5.74, 6) is 0.965. The van der Waals surface area contributed by atoms with Crippen LogP contribution in [0.25, 0.3) is 0 Å². The summed E-state index contributed by atoms with van der Waals surface area (Å²) in [4.78, 5) is 5.84. The van der Waals surface area contributed by atoms with Crippen LogP contribution in [0.15, 0.2) is 39.0 Å². The molecular weight excluding hydrogens is 302 g/mol. The number of hydrogen-bond acceptors (Lipinski definition) is 3. The largest absolute Gasteiger partial charge is 0.245 e. The second kappa shape index (κ2) is 5.84. The lowest BCUT2D eigenvalue weighted by atomic mass is 10.4. The van der Waals surface area contributed by atoms with Crippen molar-refractivity contribution in [1.82, 2.24) is 4.98 Å². The quantitative estimate of drug-likeness (QED) is 0.755. The normalized spacial score (nSPS) is 10.6. The van der Waals surface area contributed by atoms with Crippen molar-refractivity contribution in [2.75, 3.05) is 0 Å². The fourth-order valence-corrected chi connectivity index (χ4v) is 3.31. The summed E-state index contributed by atoms with van der Waals surface area (Å²) in [5.41, 5.74) is 1.21. The Morgan fingerprint density at radius 2 is 2.06 bits per heavy atom. The minimum absolute atomic E-state index is 0.965. The zero-order chi connectivity index (χ0) is 11.4. The first kappa shape index (κ1) is 12.1. The summed E-state index contributed by atoms with van der Waals surface area (Å²) < 4.78 is 1.12. The topological polar surface area (TPSA) is 12.9 Å². The Hall–Kier alpha value is -0.320. The third-order valence-corrected chi connectivity index (χ3v) is 4.77. The van der Waals surface area contributed by atoms with E-state index in [2.05, 4.69) is 57.5 Å². The first-order chi connectivity index (χ1) is 7.78. The van der Waals surface area contributed by atoms with Crippen molar-refractivity contribution in [2.24, 2.45) is 0 Å². The molecule has 0 unspecified atom stereocenters. The highest BCUT2D eigenvalue weighted by Crippen LogP contribution is 2.25. The fourth-order valence-electron chi connectivity index (χ4n) is 1.25. The van der Waals surface area contributed by atoms with Crippen LogP contribution in [-0.4, -0.2) is 4.98 Å². The van der Waals surface area contributed by atoms with Crippen molar-refractivity contribution in [1.29, 1.82) is 0 Å². The van der Waals surface area contributed by atoms with Gasteiger partial charge in [-0.2, -0.15) is 0 Å². The lowest BCUT2D eigenvalue weighted by molar-refractivity contribution is 1.04. The summed E-state index contributed by atoms with van der Waals surface area (Å²) in [6, 6.07) is 8.40. The van der Waals surface area contributed by atoms with E-state index in [1.54, 1.807) is 11.3 Å². The van der Waals surface area contributed by atoms with Gasteiger partial charge >= 0.3 is 0 Å². The maximum atomic E-state index is 4.55. The molecule has 0 atom stereocenters. The van der Waals surface area contributed by atoms with Crippen LogP contribution in [0.1, 0.15) is 17.6 Å². The maximum Gasteiger partial charge on any atom is 0.103 e. The molecule has 2 rings (SSSR count). The molecule has 0 spiro atoms. The first-order valence-electron chi connectivity index (χ1n) is 5.09. The second-order valence-electron chi connectivity index (χ2n) is 3.33. The van der Waals surface area contributed by atoms with Gasteiger partial charge in [-0.3, -0.25) is 0 Å². The van der Waals surface area contributed by atoms with E-state index in [1.807, 2.05) is 11.8 Å². The molecule has 0 fully saturated rings. The van der Waals surface area contributed by atoms with E-state index in [-0.39, 0.29) is 0 Å². The van der Waals surface area contributed by atoms with Crippen LogP contribution < -0.4 is 0 Å². The summed E-state index contributed by atoms with van der Waals surface area (Å²) in [6.07, 6.45) is 1.03. The number of nitrogens with zero attached hydrogens (tertiary/aromatic N) is 1. The minimum Gasteiger partial charge on any atom is -0.245 e. The van der Waals surface area contributed by atoms with Crippen molar-refractivity contribution >= 4 is 39.0 Å². The highest BCUT2D eigenvalue weighted by molar-refractivity contribution is 9.10. The maximum absolute atomic E-state index is 4.55. The van der Waals surface area contributed by atoms with Gasteiger partial charge < -0.3 is 0 Å². The summed E-state index contributed by atoms with van der Waals surface area (Å²) in [5, 5.41) is 3.36. The van der Waals surface area contributed by atoms with Crippen LogP contribution in [0.2, 0.25) is 0 Å². The minimum atomic E-state index is 0.965. The molecule has 0 aliphatic heterocycles. The van der Waals surface area contributed by atoms with Gasteiger partial charge in [0.1, 0.15) is 5.01 Å². The molecule has 0 amide bonds. The van der Waals surface area contributed by atoms with Gasteiger partial charge in [-0.15, -0.1) is 23.1 Å². The van der Waals surface area contributed by atoms with Crippen LogP contribution in [0, 0.1) is 0 Å². The van der Waals surface area contributed by atoms with Gasteiger partial charge in [0.15, 0.2) is 0 Å². The average Bonchev–Trinajstić information content (AvgIpc) is 2.76. The molecule has 4 heteroatoms. The molecule has 0 saturated heterocycles. The van der Waals surface area contributed by atoms with Gasteiger partial charge in [0.05, 0.1) is 11.4 Å². The van der Waals surface area contributed by atoms with Crippen LogP contribution in [-0.2, 0) is 12.2 Å². The van der Waals surface area contributed by atoms with E-state index >= 15 is 0 Å². The predicted octanol–water partition coefficient (Wildman–Crippen LogP) is 4.76. The Labute approximate surface area is 112 Å². The molecule has 0 N–H and O–H groups in total. The van der Waals surface area contributed by atoms with Crippen molar-refractivity contribution in [3.63, 3.8) is 0 Å². The highest BCUT2D eigenvalue weighted by atomic mass is 79.9. The second-order valence-corrected chi connectivity index (χ2v) is 6.24. The number of halogens is 1. The Morgan fingerprint density at radius 1 is 1.31 bits per heavy atom. The predicted molar refractivity (Wildman–Crippen MR) is 75.2 cm³/mol. The van der Waals surface area contributed by atoms with E-state index in [0.29, 0.717) is 0 Å². The molecule has 0 saturated carbocycles. The number of thioether (sulfide) groups is 1. The molecule has 16 heavy (non-hydrogen) atoms. The molecule has 1 nitrogen and oxygen atoms in total. The van der Waals surface area contributed by atoms with Crippen LogP contribution in [0.5, 0.6) is 0 Å². The van der Waals surface area contributed by atoms with Gasteiger partial charge in [-0.25, -0.2) is 4.98 Å². The molecule has 0 bridgehead atoms. The zero-order valence-corrected chi connectivity index (χ0v) is 12.2. The van der Waals surface area contributed by atoms with Crippen molar-refractivity contribution in [2.45, 2.75) is 24.0 Å². The van der Waals surface area contributed by atoms with Crippen molar-refractivity contribution in [3.8, 4) is 0 Å². The lowest BCUT2D eigenvalue weighted by Gasteiger charge is -1.98. The zero-order valence-electron chi connectivity index (χ0n) is 8.94. The van der Waals surface area contributed by atoms with Gasteiger partial charge in [0.25, 0.3) is 0 Å². The Kier molecular flexibility index (Phi) is 4.44. The molecule has 84 valence electrons. The lowest BCUT2D eigenvalue weighted by Crippen LogP contribution is -1.82. The molecule has 2 aromatic rings. The van der Waals surface area contributed by atoms with Crippen LogP contribution in [0.3, 0.4) is 0 Å². The van der Waals surface area contributed by atoms with Crippen molar-refractivity contribution < 1.29 is 0 Å². The smallest absolute Gasteiger partial charge is 0.103 e. The van der Waals surface area contributed by atoms with E-state index in [1.165, 1.54) is 15.6 Å². The molecule has 0 aliphatic carbocycles. The van der Waals surface area contributed by atoms with E-state index in [0.717, 1.165) is 16.6 Å². The number of rotatable bonds is 4. The molecule has 0 radical (unpaired) electrons. The summed E-state index contributed by atoms with van der Waals surface area (Å²) in [7, 11) is 0. The number of hydrogen-bond donors (Lipinski definition) is 0. The monoisotopic (exact) mass is 313 g/mol. The van der Waals surface area contributed by atoms with Gasteiger partial charge in [-0.1, -0.05) is 22.9 Å². The molecule has 1 aromatic heterocycles. The summed E-state index contributed by atoms with van der Waals surface area (Å²) in [6.45, 7) is 2.14. The van der Waals surface area contributed by atoms with Gasteiger partial charge in [0.2, 0.25) is 0 Å². The fraction of sp³-hybridized carbons (Fsp3) is 0.250. The van der Waals surface area contributed by atoms with Crippen LogP contribution in [0.4, 0.5) is 0 Å². The average molecular weight is 314 g/mol. The molecule has 0 aliphatic rings. The molecular formula is C12H12BrNS2. The third kappa shape index (κ3) is 3.34. The SMILES string of the molecule is CCc1csc(CSc2ccc(Br)cc2)n1. The van der Waals surface area contributed by atoms with Crippen LogP contribution >= 0.6 is 39.0 Å². The molecule has 1 heterocycles. The Morgan fingerprint density at radius 3 is 2.69 bits per heavy atom. The standard InChI is InChI=1S/C12H12BrNS2/c1-2-10-7-16-12(14-10)8-15-11-5-3-9(13)4-6-11/h3-7H,2,8H2,1H3. The van der Waals surface area contributed by atoms with Gasteiger partial charge in [-0.05, 0) is 30.7 Å². The number of benzene rings is 1. The number of aromatic nitrogens is 1. The van der Waals surface area contributed by atoms with E-state index in [4.69, 9.17) is 0 Å². The Balaban J connectivity index is 1.94. The first-order valence-corrected chi connectivity index (χ1v) is 7.75. The van der Waals surface area contributed by atoms with Crippen molar-refractivity contribution in [3.05, 3.63) is 44.8 Å². The highest BCUT2D eigenvalue weighted by Gasteiger charge is 2.01. The number of thiazole rings is 1. The third-order valence-electron chi connectivity index (χ3n) is 2.14. The number of aryl methyl sites for hydroxylation is 1. The van der Waals surface area contributed by atoms with Gasteiger partial charge in [0, 0.05) is 14.7 Å². The van der Waals surface area contributed by atoms with E-state index < -0.39 is 0 Å². The van der Waals surface area contributed by atoms with E-state index in [9.17, 15) is 0 Å². The summed E-state index contributed by atoms with van der Waals surface area (Å²) >= 11 is 7.02. The molecule has 1 aromatic carbocycles. The Bertz CT molecular complexity index is 450.